The van der Waals surface area contributed by atoms with Crippen LogP contribution in [0.5, 0.6) is 0 Å². The van der Waals surface area contributed by atoms with Gasteiger partial charge >= 0.3 is 0 Å². The van der Waals surface area contributed by atoms with Crippen LogP contribution in [-0.4, -0.2) is 71.1 Å². The van der Waals surface area contributed by atoms with Gasteiger partial charge in [-0.05, 0) is 33.4 Å². The smallest absolute Gasteiger partial charge is 0.226 e. The second-order valence-electron chi connectivity index (χ2n) is 7.32. The van der Waals surface area contributed by atoms with Gasteiger partial charge in [0.15, 0.2) is 0 Å². The molecule has 1 aliphatic heterocycles. The minimum absolute atomic E-state index is 0.110. The molecule has 0 aromatic carbocycles. The lowest BCUT2D eigenvalue weighted by atomic mass is 9.91. The number of rotatable bonds is 6. The molecule has 0 fully saturated rings. The van der Waals surface area contributed by atoms with E-state index in [-0.39, 0.29) is 17.7 Å². The van der Waals surface area contributed by atoms with E-state index in [0.717, 1.165) is 37.2 Å². The van der Waals surface area contributed by atoms with Crippen LogP contribution < -0.4 is 0 Å². The van der Waals surface area contributed by atoms with Gasteiger partial charge in [-0.3, -0.25) is 9.48 Å². The molecule has 0 unspecified atom stereocenters. The molecule has 0 saturated carbocycles. The van der Waals surface area contributed by atoms with Crippen LogP contribution in [0.4, 0.5) is 0 Å². The van der Waals surface area contributed by atoms with E-state index in [4.69, 9.17) is 4.74 Å². The molecule has 2 atom stereocenters. The summed E-state index contributed by atoms with van der Waals surface area (Å²) in [6.45, 7) is 3.42. The van der Waals surface area contributed by atoms with Crippen LogP contribution in [0, 0.1) is 5.92 Å². The Morgan fingerprint density at radius 2 is 2.24 bits per heavy atom. The summed E-state index contributed by atoms with van der Waals surface area (Å²) < 4.78 is 7.71. The Hall–Kier alpha value is -1.73. The highest BCUT2D eigenvalue weighted by molar-refractivity contribution is 5.79. The first-order valence-electron chi connectivity index (χ1n) is 9.11. The molecule has 7 nitrogen and oxygen atoms in total. The molecule has 0 N–H and O–H groups in total. The number of carbonyl (C=O) groups is 1. The van der Waals surface area contributed by atoms with E-state index in [9.17, 15) is 4.79 Å². The molecule has 2 aliphatic rings. The number of hydrogen-bond donors (Lipinski definition) is 0. The maximum atomic E-state index is 12.9. The van der Waals surface area contributed by atoms with Gasteiger partial charge in [0.25, 0.3) is 0 Å². The van der Waals surface area contributed by atoms with Crippen molar-refractivity contribution in [3.8, 4) is 0 Å². The number of amides is 1. The minimum atomic E-state index is 0.110. The molecule has 1 aromatic heterocycles. The van der Waals surface area contributed by atoms with Crippen LogP contribution >= 0.6 is 0 Å². The average Bonchev–Trinajstić information content (AvgIpc) is 2.99. The van der Waals surface area contributed by atoms with Crippen LogP contribution in [0.25, 0.3) is 0 Å². The summed E-state index contributed by atoms with van der Waals surface area (Å²) >= 11 is 0. The lowest BCUT2D eigenvalue weighted by molar-refractivity contribution is -0.137. The van der Waals surface area contributed by atoms with Crippen molar-refractivity contribution in [2.75, 3.05) is 40.4 Å². The van der Waals surface area contributed by atoms with Gasteiger partial charge in [0.2, 0.25) is 5.91 Å². The number of hydrogen-bond acceptors (Lipinski definition) is 5. The fraction of sp³-hybridized carbons (Fsp3) is 0.722. The third kappa shape index (κ3) is 4.27. The van der Waals surface area contributed by atoms with Crippen LogP contribution in [-0.2, 0) is 23.1 Å². The van der Waals surface area contributed by atoms with E-state index < -0.39 is 0 Å². The highest BCUT2D eigenvalue weighted by Gasteiger charge is 2.34. The zero-order chi connectivity index (χ0) is 17.8. The molecule has 0 bridgehead atoms. The quantitative estimate of drug-likeness (QED) is 0.571. The first kappa shape index (κ1) is 18.1. The number of likely N-dealkylation sites (N-methyl/N-ethyl adjacent to an activating group) is 1. The van der Waals surface area contributed by atoms with Gasteiger partial charge in [0, 0.05) is 32.0 Å². The number of ether oxygens (including phenoxy) is 1. The van der Waals surface area contributed by atoms with E-state index in [1.165, 1.54) is 0 Å². The number of fused-ring (bicyclic) bond motifs is 1. The Bertz CT molecular complexity index is 625. The molecule has 138 valence electrons. The van der Waals surface area contributed by atoms with Crippen molar-refractivity contribution in [1.29, 1.82) is 0 Å². The van der Waals surface area contributed by atoms with Crippen molar-refractivity contribution in [2.45, 2.75) is 31.7 Å². The van der Waals surface area contributed by atoms with Crippen LogP contribution in [0.3, 0.4) is 0 Å². The average molecular weight is 347 g/mol. The number of aryl methyl sites for hydroxylation is 1. The Morgan fingerprint density at radius 1 is 1.40 bits per heavy atom. The highest BCUT2D eigenvalue weighted by Crippen LogP contribution is 2.29. The fourth-order valence-electron chi connectivity index (χ4n) is 3.67. The van der Waals surface area contributed by atoms with Crippen molar-refractivity contribution < 1.29 is 9.53 Å². The number of carbonyl (C=O) groups excluding carboxylic acids is 1. The Morgan fingerprint density at radius 3 is 2.96 bits per heavy atom. The molecule has 7 heteroatoms. The van der Waals surface area contributed by atoms with Gasteiger partial charge in [0.1, 0.15) is 5.69 Å². The molecule has 2 heterocycles. The zero-order valence-electron chi connectivity index (χ0n) is 15.5. The summed E-state index contributed by atoms with van der Waals surface area (Å²) in [6.07, 6.45) is 7.10. The van der Waals surface area contributed by atoms with Gasteiger partial charge in [-0.25, -0.2) is 0 Å². The van der Waals surface area contributed by atoms with E-state index in [1.54, 1.807) is 0 Å². The number of aromatic nitrogens is 3. The summed E-state index contributed by atoms with van der Waals surface area (Å²) in [5.74, 6) is 0.492. The molecule has 0 saturated heterocycles. The SMILES string of the molecule is CN(C)CCOC[C@@H]1CN(C(=O)[C@H]2CC=CCC2)Cc2nnn(C)c21. The van der Waals surface area contributed by atoms with Gasteiger partial charge < -0.3 is 14.5 Å². The van der Waals surface area contributed by atoms with E-state index in [2.05, 4.69) is 27.4 Å². The second-order valence-corrected chi connectivity index (χ2v) is 7.32. The molecule has 0 spiro atoms. The molecular weight excluding hydrogens is 318 g/mol. The topological polar surface area (TPSA) is 63.5 Å². The van der Waals surface area contributed by atoms with Gasteiger partial charge in [-0.2, -0.15) is 0 Å². The third-order valence-electron chi connectivity index (χ3n) is 5.04. The maximum absolute atomic E-state index is 12.9. The Labute approximate surface area is 149 Å². The standard InChI is InChI=1S/C18H29N5O2/c1-21(2)9-10-25-13-15-11-23(12-16-17(15)22(3)20-19-16)18(24)14-7-5-4-6-8-14/h4-5,14-15H,6-13H2,1-3H3/t14-,15-/m0/s1. The molecule has 1 aromatic rings. The van der Waals surface area contributed by atoms with Crippen molar-refractivity contribution in [3.05, 3.63) is 23.5 Å². The molecule has 25 heavy (non-hydrogen) atoms. The normalized spacial score (nSPS) is 23.1. The van der Waals surface area contributed by atoms with E-state index >= 15 is 0 Å². The van der Waals surface area contributed by atoms with Crippen molar-refractivity contribution in [2.24, 2.45) is 13.0 Å². The van der Waals surface area contributed by atoms with E-state index in [1.807, 2.05) is 30.7 Å². The summed E-state index contributed by atoms with van der Waals surface area (Å²) in [4.78, 5) is 17.0. The van der Waals surface area contributed by atoms with Crippen molar-refractivity contribution in [1.82, 2.24) is 24.8 Å². The predicted octanol–water partition coefficient (Wildman–Crippen LogP) is 1.18. The largest absolute Gasteiger partial charge is 0.379 e. The lowest BCUT2D eigenvalue weighted by Gasteiger charge is -2.34. The second kappa shape index (κ2) is 8.10. The fourth-order valence-corrected chi connectivity index (χ4v) is 3.67. The first-order valence-corrected chi connectivity index (χ1v) is 9.11. The van der Waals surface area contributed by atoms with Crippen LogP contribution in [0.15, 0.2) is 12.2 Å². The highest BCUT2D eigenvalue weighted by atomic mass is 16.5. The predicted molar refractivity (Wildman–Crippen MR) is 95.0 cm³/mol. The Kier molecular flexibility index (Phi) is 5.86. The zero-order valence-corrected chi connectivity index (χ0v) is 15.5. The maximum Gasteiger partial charge on any atom is 0.226 e. The van der Waals surface area contributed by atoms with Crippen LogP contribution in [0.1, 0.15) is 36.6 Å². The summed E-state index contributed by atoms with van der Waals surface area (Å²) in [5, 5.41) is 8.45. The molecular formula is C18H29N5O2. The van der Waals surface area contributed by atoms with Gasteiger partial charge in [-0.1, -0.05) is 17.4 Å². The lowest BCUT2D eigenvalue weighted by Crippen LogP contribution is -2.43. The minimum Gasteiger partial charge on any atom is -0.379 e. The summed E-state index contributed by atoms with van der Waals surface area (Å²) in [5.41, 5.74) is 2.02. The summed E-state index contributed by atoms with van der Waals surface area (Å²) in [7, 11) is 5.99. The monoisotopic (exact) mass is 347 g/mol. The van der Waals surface area contributed by atoms with Crippen LogP contribution in [0.2, 0.25) is 0 Å². The number of allylic oxidation sites excluding steroid dienone is 2. The van der Waals surface area contributed by atoms with Gasteiger partial charge in [0.05, 0.1) is 25.5 Å². The van der Waals surface area contributed by atoms with Crippen molar-refractivity contribution >= 4 is 5.91 Å². The summed E-state index contributed by atoms with van der Waals surface area (Å²) in [6, 6.07) is 0. The number of nitrogens with zero attached hydrogens (tertiary/aromatic N) is 5. The Balaban J connectivity index is 1.67. The molecule has 3 rings (SSSR count). The molecule has 1 amide bonds. The third-order valence-corrected chi connectivity index (χ3v) is 5.04. The van der Waals surface area contributed by atoms with Gasteiger partial charge in [-0.15, -0.1) is 5.10 Å². The molecule has 0 radical (unpaired) electrons. The first-order chi connectivity index (χ1) is 12.1. The molecule has 1 aliphatic carbocycles. The van der Waals surface area contributed by atoms with E-state index in [0.29, 0.717) is 26.3 Å². The van der Waals surface area contributed by atoms with Crippen molar-refractivity contribution in [3.63, 3.8) is 0 Å².